The van der Waals surface area contributed by atoms with Crippen LogP contribution < -0.4 is 5.32 Å². The van der Waals surface area contributed by atoms with Gasteiger partial charge in [0.2, 0.25) is 0 Å². The number of aromatic hydroxyl groups is 2. The Morgan fingerprint density at radius 2 is 1.89 bits per heavy atom. The average molecular weight is 264 g/mol. The SMILES string of the molecule is O=C(Nc1ccc(Cl)c(O)c1)c1cccc(O)c1. The number of carbonyl (C=O) groups is 1. The van der Waals surface area contributed by atoms with Gasteiger partial charge in [-0.2, -0.15) is 0 Å². The monoisotopic (exact) mass is 263 g/mol. The van der Waals surface area contributed by atoms with Gasteiger partial charge in [-0.15, -0.1) is 0 Å². The van der Waals surface area contributed by atoms with E-state index in [2.05, 4.69) is 5.32 Å². The molecule has 0 aromatic heterocycles. The second-order valence-electron chi connectivity index (χ2n) is 3.67. The van der Waals surface area contributed by atoms with E-state index in [1.54, 1.807) is 18.2 Å². The summed E-state index contributed by atoms with van der Waals surface area (Å²) in [5, 5.41) is 21.5. The fourth-order valence-corrected chi connectivity index (χ4v) is 1.56. The van der Waals surface area contributed by atoms with Gasteiger partial charge in [0.15, 0.2) is 0 Å². The van der Waals surface area contributed by atoms with Gasteiger partial charge in [-0.25, -0.2) is 0 Å². The summed E-state index contributed by atoms with van der Waals surface area (Å²) in [5.41, 5.74) is 0.745. The molecule has 0 atom stereocenters. The lowest BCUT2D eigenvalue weighted by Crippen LogP contribution is -2.11. The van der Waals surface area contributed by atoms with Crippen LogP contribution in [0, 0.1) is 0 Å². The average Bonchev–Trinajstić information content (AvgIpc) is 2.34. The number of hydrogen-bond donors (Lipinski definition) is 3. The third kappa shape index (κ3) is 2.73. The lowest BCUT2D eigenvalue weighted by Gasteiger charge is -2.06. The molecule has 0 fully saturated rings. The quantitative estimate of drug-likeness (QED) is 0.780. The summed E-state index contributed by atoms with van der Waals surface area (Å²) in [6.45, 7) is 0. The van der Waals surface area contributed by atoms with E-state index in [1.807, 2.05) is 0 Å². The number of hydrogen-bond acceptors (Lipinski definition) is 3. The molecule has 0 saturated heterocycles. The van der Waals surface area contributed by atoms with E-state index in [1.165, 1.54) is 24.3 Å². The highest BCUT2D eigenvalue weighted by Gasteiger charge is 2.07. The Kier molecular flexibility index (Phi) is 3.39. The Balaban J connectivity index is 2.18. The van der Waals surface area contributed by atoms with Crippen molar-refractivity contribution in [1.82, 2.24) is 0 Å². The molecule has 0 radical (unpaired) electrons. The van der Waals surface area contributed by atoms with Gasteiger partial charge in [-0.05, 0) is 30.3 Å². The number of carbonyl (C=O) groups excluding carboxylic acids is 1. The highest BCUT2D eigenvalue weighted by molar-refractivity contribution is 6.32. The minimum absolute atomic E-state index is 0.0154. The van der Waals surface area contributed by atoms with Gasteiger partial charge in [0.05, 0.1) is 5.02 Å². The van der Waals surface area contributed by atoms with E-state index in [4.69, 9.17) is 11.6 Å². The molecule has 2 rings (SSSR count). The van der Waals surface area contributed by atoms with Gasteiger partial charge >= 0.3 is 0 Å². The maximum Gasteiger partial charge on any atom is 0.255 e. The summed E-state index contributed by atoms with van der Waals surface area (Å²) in [4.78, 5) is 11.8. The Labute approximate surface area is 108 Å². The normalized spacial score (nSPS) is 10.1. The first kappa shape index (κ1) is 12.3. The molecular formula is C13H10ClNO3. The van der Waals surface area contributed by atoms with Crippen LogP contribution in [0.3, 0.4) is 0 Å². The number of phenolic OH excluding ortho intramolecular Hbond substituents is 2. The van der Waals surface area contributed by atoms with E-state index in [-0.39, 0.29) is 22.4 Å². The van der Waals surface area contributed by atoms with Crippen molar-refractivity contribution in [3.63, 3.8) is 0 Å². The van der Waals surface area contributed by atoms with E-state index in [9.17, 15) is 15.0 Å². The molecule has 1 amide bonds. The zero-order valence-electron chi connectivity index (χ0n) is 9.22. The number of halogens is 1. The molecule has 0 saturated carbocycles. The van der Waals surface area contributed by atoms with Crippen LogP contribution in [0.5, 0.6) is 11.5 Å². The first-order chi connectivity index (χ1) is 8.56. The minimum Gasteiger partial charge on any atom is -0.508 e. The summed E-state index contributed by atoms with van der Waals surface area (Å²) in [5.74, 6) is -0.473. The van der Waals surface area contributed by atoms with Gasteiger partial charge in [-0.3, -0.25) is 4.79 Å². The molecule has 0 aliphatic carbocycles. The zero-order chi connectivity index (χ0) is 13.1. The summed E-state index contributed by atoms with van der Waals surface area (Å²) in [6.07, 6.45) is 0. The number of phenols is 2. The van der Waals surface area contributed by atoms with Crippen molar-refractivity contribution >= 4 is 23.2 Å². The minimum atomic E-state index is -0.382. The zero-order valence-corrected chi connectivity index (χ0v) is 9.98. The molecule has 18 heavy (non-hydrogen) atoms. The number of rotatable bonds is 2. The predicted molar refractivity (Wildman–Crippen MR) is 69.2 cm³/mol. The fourth-order valence-electron chi connectivity index (χ4n) is 1.44. The van der Waals surface area contributed by atoms with Crippen LogP contribution in [0.15, 0.2) is 42.5 Å². The topological polar surface area (TPSA) is 69.6 Å². The molecule has 5 heteroatoms. The molecule has 0 aliphatic rings. The number of benzene rings is 2. The van der Waals surface area contributed by atoms with Crippen LogP contribution >= 0.6 is 11.6 Å². The standard InChI is InChI=1S/C13H10ClNO3/c14-11-5-4-9(7-12(11)17)15-13(18)8-2-1-3-10(16)6-8/h1-7,16-17H,(H,15,18). The largest absolute Gasteiger partial charge is 0.508 e. The summed E-state index contributed by atoms with van der Waals surface area (Å²) in [7, 11) is 0. The van der Waals surface area contributed by atoms with Gasteiger partial charge in [0.1, 0.15) is 11.5 Å². The first-order valence-electron chi connectivity index (χ1n) is 5.15. The number of amides is 1. The van der Waals surface area contributed by atoms with Crippen LogP contribution in [0.1, 0.15) is 10.4 Å². The Bertz CT molecular complexity index is 599. The Morgan fingerprint density at radius 1 is 1.11 bits per heavy atom. The summed E-state index contributed by atoms with van der Waals surface area (Å²) >= 11 is 5.66. The molecule has 0 unspecified atom stereocenters. The van der Waals surface area contributed by atoms with Crippen LogP contribution in [-0.4, -0.2) is 16.1 Å². The van der Waals surface area contributed by atoms with Crippen molar-refractivity contribution in [1.29, 1.82) is 0 Å². The second kappa shape index (κ2) is 4.98. The van der Waals surface area contributed by atoms with E-state index >= 15 is 0 Å². The lowest BCUT2D eigenvalue weighted by molar-refractivity contribution is 0.102. The van der Waals surface area contributed by atoms with Crippen LogP contribution in [0.4, 0.5) is 5.69 Å². The van der Waals surface area contributed by atoms with Crippen molar-refractivity contribution in [3.8, 4) is 11.5 Å². The van der Waals surface area contributed by atoms with Gasteiger partial charge < -0.3 is 15.5 Å². The number of anilines is 1. The number of nitrogens with one attached hydrogen (secondary N) is 1. The van der Waals surface area contributed by atoms with Crippen LogP contribution in [0.2, 0.25) is 5.02 Å². The molecule has 4 nitrogen and oxygen atoms in total. The van der Waals surface area contributed by atoms with Crippen molar-refractivity contribution in [2.45, 2.75) is 0 Å². The summed E-state index contributed by atoms with van der Waals surface area (Å²) < 4.78 is 0. The van der Waals surface area contributed by atoms with Gasteiger partial charge in [0.25, 0.3) is 5.91 Å². The Morgan fingerprint density at radius 3 is 2.56 bits per heavy atom. The molecule has 2 aromatic carbocycles. The second-order valence-corrected chi connectivity index (χ2v) is 4.08. The van der Waals surface area contributed by atoms with Crippen molar-refractivity contribution < 1.29 is 15.0 Å². The highest BCUT2D eigenvalue weighted by atomic mass is 35.5. The van der Waals surface area contributed by atoms with Crippen LogP contribution in [0.25, 0.3) is 0 Å². The van der Waals surface area contributed by atoms with Crippen molar-refractivity contribution in [2.24, 2.45) is 0 Å². The molecular weight excluding hydrogens is 254 g/mol. The van der Waals surface area contributed by atoms with E-state index in [0.29, 0.717) is 11.3 Å². The highest BCUT2D eigenvalue weighted by Crippen LogP contribution is 2.26. The maximum atomic E-state index is 11.8. The van der Waals surface area contributed by atoms with Crippen molar-refractivity contribution in [3.05, 3.63) is 53.1 Å². The molecule has 92 valence electrons. The smallest absolute Gasteiger partial charge is 0.255 e. The molecule has 0 aliphatic heterocycles. The summed E-state index contributed by atoms with van der Waals surface area (Å²) in [6, 6.07) is 10.4. The predicted octanol–water partition coefficient (Wildman–Crippen LogP) is 3.00. The van der Waals surface area contributed by atoms with E-state index < -0.39 is 0 Å². The maximum absolute atomic E-state index is 11.8. The first-order valence-corrected chi connectivity index (χ1v) is 5.53. The fraction of sp³-hybridized carbons (Fsp3) is 0. The van der Waals surface area contributed by atoms with Gasteiger partial charge in [-0.1, -0.05) is 17.7 Å². The Hall–Kier alpha value is -2.20. The lowest BCUT2D eigenvalue weighted by atomic mass is 10.2. The van der Waals surface area contributed by atoms with Gasteiger partial charge in [0, 0.05) is 17.3 Å². The molecule has 2 aromatic rings. The molecule has 0 bridgehead atoms. The van der Waals surface area contributed by atoms with Crippen LogP contribution in [-0.2, 0) is 0 Å². The molecule has 3 N–H and O–H groups in total. The molecule has 0 heterocycles. The third-order valence-corrected chi connectivity index (χ3v) is 2.63. The van der Waals surface area contributed by atoms with E-state index in [0.717, 1.165) is 0 Å². The molecule has 0 spiro atoms. The van der Waals surface area contributed by atoms with Crippen molar-refractivity contribution in [2.75, 3.05) is 5.32 Å². The third-order valence-electron chi connectivity index (χ3n) is 2.31.